The van der Waals surface area contributed by atoms with Crippen molar-refractivity contribution in [2.75, 3.05) is 5.32 Å². The Bertz CT molecular complexity index is 1100. The van der Waals surface area contributed by atoms with Gasteiger partial charge in [-0.25, -0.2) is 0 Å². The van der Waals surface area contributed by atoms with E-state index in [1.54, 1.807) is 60.7 Å². The molecular formula is C22H16BrCl2N3O2. The van der Waals surface area contributed by atoms with Crippen molar-refractivity contribution in [2.45, 2.75) is 0 Å². The van der Waals surface area contributed by atoms with Crippen molar-refractivity contribution >= 4 is 62.3 Å². The fourth-order valence-electron chi connectivity index (χ4n) is 2.50. The molecule has 0 aromatic heterocycles. The first-order valence-corrected chi connectivity index (χ1v) is 10.3. The molecule has 3 rings (SSSR count). The molecule has 3 N–H and O–H groups in total. The zero-order valence-electron chi connectivity index (χ0n) is 15.5. The number of hydrogen-bond donors (Lipinski definition) is 3. The molecule has 0 atom stereocenters. The summed E-state index contributed by atoms with van der Waals surface area (Å²) < 4.78 is 0.891. The van der Waals surface area contributed by atoms with Crippen LogP contribution in [0.25, 0.3) is 5.70 Å². The van der Waals surface area contributed by atoms with Gasteiger partial charge in [-0.1, -0.05) is 57.8 Å². The fourth-order valence-corrected chi connectivity index (χ4v) is 3.26. The van der Waals surface area contributed by atoms with E-state index in [1.165, 1.54) is 6.07 Å². The summed E-state index contributed by atoms with van der Waals surface area (Å²) in [5.41, 5.74) is 8.05. The van der Waals surface area contributed by atoms with E-state index in [1.807, 2.05) is 0 Å². The fraction of sp³-hybridized carbons (Fsp3) is 0. The summed E-state index contributed by atoms with van der Waals surface area (Å²) in [7, 11) is 0. The molecule has 2 amide bonds. The minimum absolute atomic E-state index is 0.274. The number of halogens is 3. The maximum Gasteiger partial charge on any atom is 0.269 e. The van der Waals surface area contributed by atoms with Crippen LogP contribution in [0.5, 0.6) is 0 Å². The summed E-state index contributed by atoms with van der Waals surface area (Å²) >= 11 is 15.3. The standard InChI is InChI=1S/C22H16BrCl2N3O2/c1-13(27-28-21(29)15-2-6-16(23)7-3-15)14-4-9-18(10-5-14)26-22(30)19-11-8-17(24)12-20(19)25/h2-12,27H,1H2,(H,26,30)(H,28,29). The van der Waals surface area contributed by atoms with Crippen LogP contribution in [-0.2, 0) is 0 Å². The SMILES string of the molecule is C=C(NNC(=O)c1ccc(Br)cc1)c1ccc(NC(=O)c2ccc(Cl)cc2Cl)cc1. The quantitative estimate of drug-likeness (QED) is 0.365. The van der Waals surface area contributed by atoms with Gasteiger partial charge in [0.15, 0.2) is 0 Å². The van der Waals surface area contributed by atoms with Crippen molar-refractivity contribution < 1.29 is 9.59 Å². The Balaban J connectivity index is 1.58. The van der Waals surface area contributed by atoms with E-state index in [0.717, 1.165) is 10.0 Å². The maximum atomic E-state index is 12.4. The number of anilines is 1. The molecule has 0 spiro atoms. The topological polar surface area (TPSA) is 70.2 Å². The van der Waals surface area contributed by atoms with Crippen LogP contribution < -0.4 is 16.2 Å². The van der Waals surface area contributed by atoms with Crippen LogP contribution >= 0.6 is 39.1 Å². The van der Waals surface area contributed by atoms with Gasteiger partial charge >= 0.3 is 0 Å². The minimum atomic E-state index is -0.344. The molecule has 0 aliphatic carbocycles. The van der Waals surface area contributed by atoms with E-state index >= 15 is 0 Å². The highest BCUT2D eigenvalue weighted by Crippen LogP contribution is 2.22. The third-order valence-corrected chi connectivity index (χ3v) is 5.18. The first-order valence-electron chi connectivity index (χ1n) is 8.71. The van der Waals surface area contributed by atoms with Gasteiger partial charge in [-0.05, 0) is 60.2 Å². The highest BCUT2D eigenvalue weighted by Gasteiger charge is 2.11. The van der Waals surface area contributed by atoms with Crippen molar-refractivity contribution in [3.05, 3.63) is 105 Å². The van der Waals surface area contributed by atoms with E-state index in [4.69, 9.17) is 23.2 Å². The molecule has 3 aromatic rings. The second kappa shape index (κ2) is 9.80. The second-order valence-corrected chi connectivity index (χ2v) is 7.98. The Hall–Kier alpha value is -2.80. The molecule has 30 heavy (non-hydrogen) atoms. The lowest BCUT2D eigenvalue weighted by molar-refractivity contribution is 0.0941. The number of benzene rings is 3. The maximum absolute atomic E-state index is 12.4. The van der Waals surface area contributed by atoms with Crippen LogP contribution in [0.3, 0.4) is 0 Å². The predicted octanol–water partition coefficient (Wildman–Crippen LogP) is 5.91. The van der Waals surface area contributed by atoms with E-state index in [-0.39, 0.29) is 16.8 Å². The monoisotopic (exact) mass is 503 g/mol. The summed E-state index contributed by atoms with van der Waals surface area (Å²) in [5.74, 6) is -0.629. The molecule has 0 aliphatic heterocycles. The first-order chi connectivity index (χ1) is 14.3. The lowest BCUT2D eigenvalue weighted by atomic mass is 10.1. The van der Waals surface area contributed by atoms with Crippen LogP contribution in [0.2, 0.25) is 10.0 Å². The Morgan fingerprint density at radius 2 is 1.43 bits per heavy atom. The number of hydrazine groups is 1. The van der Waals surface area contributed by atoms with Gasteiger partial charge in [0.05, 0.1) is 16.3 Å². The van der Waals surface area contributed by atoms with Crippen molar-refractivity contribution in [3.63, 3.8) is 0 Å². The summed E-state index contributed by atoms with van der Waals surface area (Å²) in [6.07, 6.45) is 0. The molecule has 0 bridgehead atoms. The Kier molecular flexibility index (Phi) is 7.15. The average molecular weight is 505 g/mol. The van der Waals surface area contributed by atoms with Gasteiger partial charge in [0.1, 0.15) is 0 Å². The summed E-state index contributed by atoms with van der Waals surface area (Å²) in [5, 5.41) is 3.50. The van der Waals surface area contributed by atoms with Gasteiger partial charge in [0.2, 0.25) is 0 Å². The van der Waals surface area contributed by atoms with Gasteiger partial charge in [-0.3, -0.25) is 20.4 Å². The number of carbonyl (C=O) groups is 2. The van der Waals surface area contributed by atoms with Crippen LogP contribution in [0.1, 0.15) is 26.3 Å². The first kappa shape index (κ1) is 21.9. The number of carbonyl (C=O) groups excluding carboxylic acids is 2. The second-order valence-electron chi connectivity index (χ2n) is 6.22. The molecule has 5 nitrogen and oxygen atoms in total. The van der Waals surface area contributed by atoms with Gasteiger partial charge in [0, 0.05) is 20.7 Å². The van der Waals surface area contributed by atoms with Gasteiger partial charge in [-0.2, -0.15) is 0 Å². The summed E-state index contributed by atoms with van der Waals surface area (Å²) in [4.78, 5) is 24.5. The Labute approximate surface area is 192 Å². The average Bonchev–Trinajstić information content (AvgIpc) is 2.72. The van der Waals surface area contributed by atoms with Crippen LogP contribution in [0, 0.1) is 0 Å². The van der Waals surface area contributed by atoms with E-state index in [9.17, 15) is 9.59 Å². The Morgan fingerprint density at radius 3 is 2.07 bits per heavy atom. The van der Waals surface area contributed by atoms with Crippen molar-refractivity contribution in [1.29, 1.82) is 0 Å². The third kappa shape index (κ3) is 5.63. The number of rotatable bonds is 6. The highest BCUT2D eigenvalue weighted by molar-refractivity contribution is 9.10. The van der Waals surface area contributed by atoms with Crippen LogP contribution in [0.15, 0.2) is 77.8 Å². The normalized spacial score (nSPS) is 10.2. The smallest absolute Gasteiger partial charge is 0.269 e. The number of amides is 2. The lowest BCUT2D eigenvalue weighted by Crippen LogP contribution is -2.35. The molecular weight excluding hydrogens is 489 g/mol. The summed E-state index contributed by atoms with van der Waals surface area (Å²) in [6, 6.07) is 18.6. The summed E-state index contributed by atoms with van der Waals surface area (Å²) in [6.45, 7) is 3.91. The third-order valence-electron chi connectivity index (χ3n) is 4.10. The van der Waals surface area contributed by atoms with Crippen LogP contribution in [-0.4, -0.2) is 11.8 Å². The Morgan fingerprint density at radius 1 is 0.800 bits per heavy atom. The largest absolute Gasteiger partial charge is 0.322 e. The minimum Gasteiger partial charge on any atom is -0.322 e. The lowest BCUT2D eigenvalue weighted by Gasteiger charge is -2.12. The zero-order chi connectivity index (χ0) is 21.7. The van der Waals surface area contributed by atoms with Gasteiger partial charge < -0.3 is 5.32 Å². The highest BCUT2D eigenvalue weighted by atomic mass is 79.9. The van der Waals surface area contributed by atoms with E-state index in [2.05, 4.69) is 38.7 Å². The molecule has 0 saturated carbocycles. The molecule has 0 radical (unpaired) electrons. The molecule has 8 heteroatoms. The van der Waals surface area contributed by atoms with E-state index in [0.29, 0.717) is 27.5 Å². The molecule has 0 fully saturated rings. The van der Waals surface area contributed by atoms with E-state index < -0.39 is 0 Å². The van der Waals surface area contributed by atoms with Crippen LogP contribution in [0.4, 0.5) is 5.69 Å². The van der Waals surface area contributed by atoms with Crippen molar-refractivity contribution in [3.8, 4) is 0 Å². The zero-order valence-corrected chi connectivity index (χ0v) is 18.6. The van der Waals surface area contributed by atoms with Crippen molar-refractivity contribution in [2.24, 2.45) is 0 Å². The molecule has 0 saturated heterocycles. The van der Waals surface area contributed by atoms with Gasteiger partial charge in [0.25, 0.3) is 11.8 Å². The van der Waals surface area contributed by atoms with Crippen molar-refractivity contribution in [1.82, 2.24) is 10.9 Å². The molecule has 0 aliphatic rings. The molecule has 0 heterocycles. The molecule has 152 valence electrons. The number of hydrogen-bond acceptors (Lipinski definition) is 3. The number of nitrogens with one attached hydrogen (secondary N) is 3. The van der Waals surface area contributed by atoms with Gasteiger partial charge in [-0.15, -0.1) is 0 Å². The predicted molar refractivity (Wildman–Crippen MR) is 125 cm³/mol. The molecule has 0 unspecified atom stereocenters. The molecule has 3 aromatic carbocycles.